The van der Waals surface area contributed by atoms with Gasteiger partial charge in [-0.15, -0.1) is 0 Å². The van der Waals surface area contributed by atoms with Crippen molar-refractivity contribution in [2.75, 3.05) is 13.2 Å². The maximum absolute atomic E-state index is 5.04. The zero-order valence-electron chi connectivity index (χ0n) is 10.2. The molecule has 90 valence electrons. The molecule has 0 unspecified atom stereocenters. The molecule has 0 amide bonds. The first-order chi connectivity index (χ1) is 7.77. The van der Waals surface area contributed by atoms with Gasteiger partial charge in [-0.2, -0.15) is 5.10 Å². The van der Waals surface area contributed by atoms with Crippen LogP contribution in [0.15, 0.2) is 19.0 Å². The smallest absolute Gasteiger partial charge is 0.0885 e. The Morgan fingerprint density at radius 1 is 1.62 bits per heavy atom. The van der Waals surface area contributed by atoms with Crippen LogP contribution in [-0.4, -0.2) is 22.9 Å². The molecule has 0 aromatic carbocycles. The van der Waals surface area contributed by atoms with E-state index in [-0.39, 0.29) is 0 Å². The molecule has 0 spiro atoms. The molecule has 16 heavy (non-hydrogen) atoms. The summed E-state index contributed by atoms with van der Waals surface area (Å²) in [5.74, 6) is 0. The fourth-order valence-corrected chi connectivity index (χ4v) is 1.62. The highest BCUT2D eigenvalue weighted by Gasteiger charge is 2.04. The van der Waals surface area contributed by atoms with Crippen molar-refractivity contribution >= 4 is 0 Å². The molecule has 0 atom stereocenters. The summed E-state index contributed by atoms with van der Waals surface area (Å²) in [5.41, 5.74) is 2.46. The number of aryl methyl sites for hydroxylation is 2. The van der Waals surface area contributed by atoms with Crippen LogP contribution < -0.4 is 5.32 Å². The van der Waals surface area contributed by atoms with Crippen LogP contribution in [0, 0.1) is 0 Å². The third kappa shape index (κ3) is 4.06. The van der Waals surface area contributed by atoms with E-state index >= 15 is 0 Å². The normalized spacial score (nSPS) is 10.4. The largest absolute Gasteiger partial charge is 0.502 e. The topological polar surface area (TPSA) is 39.1 Å². The van der Waals surface area contributed by atoms with E-state index in [0.717, 1.165) is 32.5 Å². The fraction of sp³-hybridized carbons (Fsp3) is 0.583. The molecule has 4 nitrogen and oxygen atoms in total. The Hall–Kier alpha value is -1.29. The van der Waals surface area contributed by atoms with E-state index in [1.54, 1.807) is 0 Å². The van der Waals surface area contributed by atoms with Crippen molar-refractivity contribution in [1.29, 1.82) is 0 Å². The van der Waals surface area contributed by atoms with Crippen molar-refractivity contribution in [2.24, 2.45) is 7.05 Å². The van der Waals surface area contributed by atoms with Crippen molar-refractivity contribution in [3.05, 3.63) is 30.3 Å². The summed E-state index contributed by atoms with van der Waals surface area (Å²) in [5, 5.41) is 7.78. The van der Waals surface area contributed by atoms with Crippen LogP contribution in [-0.2, 0) is 24.8 Å². The van der Waals surface area contributed by atoms with E-state index in [0.29, 0.717) is 0 Å². The van der Waals surface area contributed by atoms with Crippen molar-refractivity contribution in [3.8, 4) is 0 Å². The van der Waals surface area contributed by atoms with E-state index in [4.69, 9.17) is 4.74 Å². The SMILES string of the molecule is C=COCCCNCc1cn(C)nc1CC. The molecule has 1 heterocycles. The molecule has 1 N–H and O–H groups in total. The minimum absolute atomic E-state index is 0.726. The standard InChI is InChI=1S/C12H21N3O/c1-4-12-11(10-15(3)14-12)9-13-7-6-8-16-5-2/h5,10,13H,2,4,6-9H2,1,3H3. The third-order valence-corrected chi connectivity index (χ3v) is 2.38. The zero-order valence-corrected chi connectivity index (χ0v) is 10.2. The second-order valence-electron chi connectivity index (χ2n) is 3.70. The Balaban J connectivity index is 2.23. The van der Waals surface area contributed by atoms with Crippen LogP contribution in [0.3, 0.4) is 0 Å². The van der Waals surface area contributed by atoms with Gasteiger partial charge in [0.15, 0.2) is 0 Å². The molecule has 0 radical (unpaired) electrons. The Kier molecular flexibility index (Phi) is 5.64. The first kappa shape index (κ1) is 12.8. The van der Waals surface area contributed by atoms with Gasteiger partial charge in [-0.1, -0.05) is 13.5 Å². The Morgan fingerprint density at radius 2 is 2.44 bits per heavy atom. The minimum atomic E-state index is 0.726. The predicted molar refractivity (Wildman–Crippen MR) is 65.1 cm³/mol. The summed E-state index contributed by atoms with van der Waals surface area (Å²) < 4.78 is 6.91. The van der Waals surface area contributed by atoms with E-state index in [2.05, 4.69) is 30.1 Å². The zero-order chi connectivity index (χ0) is 11.8. The molecule has 1 aromatic heterocycles. The van der Waals surface area contributed by atoms with Crippen LogP contribution in [0.1, 0.15) is 24.6 Å². The molecule has 1 rings (SSSR count). The number of nitrogens with zero attached hydrogens (tertiary/aromatic N) is 2. The molecule has 1 aromatic rings. The minimum Gasteiger partial charge on any atom is -0.502 e. The predicted octanol–water partition coefficient (Wildman–Crippen LogP) is 1.62. The molecule has 0 saturated heterocycles. The van der Waals surface area contributed by atoms with Gasteiger partial charge in [-0.05, 0) is 19.4 Å². The van der Waals surface area contributed by atoms with Crippen LogP contribution in [0.5, 0.6) is 0 Å². The molecule has 0 fully saturated rings. The highest BCUT2D eigenvalue weighted by atomic mass is 16.5. The van der Waals surface area contributed by atoms with E-state index in [1.165, 1.54) is 17.5 Å². The second kappa shape index (κ2) is 7.06. The van der Waals surface area contributed by atoms with Crippen LogP contribution in [0.4, 0.5) is 0 Å². The summed E-state index contributed by atoms with van der Waals surface area (Å²) >= 11 is 0. The van der Waals surface area contributed by atoms with Crippen molar-refractivity contribution in [3.63, 3.8) is 0 Å². The van der Waals surface area contributed by atoms with Crippen molar-refractivity contribution < 1.29 is 4.74 Å². The fourth-order valence-electron chi connectivity index (χ4n) is 1.62. The molecule has 0 aliphatic rings. The van der Waals surface area contributed by atoms with Gasteiger partial charge in [0.05, 0.1) is 18.6 Å². The van der Waals surface area contributed by atoms with Gasteiger partial charge in [0.1, 0.15) is 0 Å². The lowest BCUT2D eigenvalue weighted by molar-refractivity contribution is 0.244. The lowest BCUT2D eigenvalue weighted by atomic mass is 10.2. The van der Waals surface area contributed by atoms with E-state index in [9.17, 15) is 0 Å². The van der Waals surface area contributed by atoms with Gasteiger partial charge in [-0.3, -0.25) is 4.68 Å². The molecule has 4 heteroatoms. The maximum Gasteiger partial charge on any atom is 0.0885 e. The average molecular weight is 223 g/mol. The maximum atomic E-state index is 5.04. The summed E-state index contributed by atoms with van der Waals surface area (Å²) in [6, 6.07) is 0. The van der Waals surface area contributed by atoms with Gasteiger partial charge in [-0.25, -0.2) is 0 Å². The molecule has 0 bridgehead atoms. The van der Waals surface area contributed by atoms with Gasteiger partial charge in [0.2, 0.25) is 0 Å². The van der Waals surface area contributed by atoms with Crippen molar-refractivity contribution in [2.45, 2.75) is 26.3 Å². The van der Waals surface area contributed by atoms with Crippen LogP contribution >= 0.6 is 0 Å². The van der Waals surface area contributed by atoms with Gasteiger partial charge in [0.25, 0.3) is 0 Å². The molecular formula is C12H21N3O. The lowest BCUT2D eigenvalue weighted by Gasteiger charge is -2.04. The first-order valence-corrected chi connectivity index (χ1v) is 5.72. The van der Waals surface area contributed by atoms with Gasteiger partial charge >= 0.3 is 0 Å². The third-order valence-electron chi connectivity index (χ3n) is 2.38. The Labute approximate surface area is 97.3 Å². The number of aromatic nitrogens is 2. The van der Waals surface area contributed by atoms with Gasteiger partial charge in [0, 0.05) is 25.4 Å². The molecule has 0 aliphatic carbocycles. The van der Waals surface area contributed by atoms with E-state index in [1.807, 2.05) is 11.7 Å². The summed E-state index contributed by atoms with van der Waals surface area (Å²) in [4.78, 5) is 0. The van der Waals surface area contributed by atoms with Crippen molar-refractivity contribution in [1.82, 2.24) is 15.1 Å². The summed E-state index contributed by atoms with van der Waals surface area (Å²) in [6.45, 7) is 8.18. The molecule has 0 aliphatic heterocycles. The summed E-state index contributed by atoms with van der Waals surface area (Å²) in [7, 11) is 1.96. The monoisotopic (exact) mass is 223 g/mol. The van der Waals surface area contributed by atoms with Gasteiger partial charge < -0.3 is 10.1 Å². The number of rotatable bonds is 8. The van der Waals surface area contributed by atoms with Crippen LogP contribution in [0.2, 0.25) is 0 Å². The lowest BCUT2D eigenvalue weighted by Crippen LogP contribution is -2.16. The first-order valence-electron chi connectivity index (χ1n) is 5.72. The summed E-state index contributed by atoms with van der Waals surface area (Å²) in [6.07, 6.45) is 5.54. The second-order valence-corrected chi connectivity index (χ2v) is 3.70. The Morgan fingerprint density at radius 3 is 3.12 bits per heavy atom. The highest BCUT2D eigenvalue weighted by Crippen LogP contribution is 2.06. The highest BCUT2D eigenvalue weighted by molar-refractivity contribution is 5.16. The van der Waals surface area contributed by atoms with E-state index < -0.39 is 0 Å². The number of hydrogen-bond donors (Lipinski definition) is 1. The Bertz CT molecular complexity index is 320. The number of hydrogen-bond acceptors (Lipinski definition) is 3. The molecule has 0 saturated carbocycles. The quantitative estimate of drug-likeness (QED) is 0.537. The number of nitrogens with one attached hydrogen (secondary N) is 1. The average Bonchev–Trinajstić information content (AvgIpc) is 2.64. The van der Waals surface area contributed by atoms with Crippen LogP contribution in [0.25, 0.3) is 0 Å². The molecular weight excluding hydrogens is 202 g/mol. The number of ether oxygens (including phenoxy) is 1.